The van der Waals surface area contributed by atoms with Crippen molar-refractivity contribution in [1.29, 1.82) is 0 Å². The van der Waals surface area contributed by atoms with Gasteiger partial charge in [-0.2, -0.15) is 0 Å². The molecule has 2 atom stereocenters. The van der Waals surface area contributed by atoms with Crippen LogP contribution in [0.25, 0.3) is 5.57 Å². The van der Waals surface area contributed by atoms with Gasteiger partial charge >= 0.3 is 5.97 Å². The van der Waals surface area contributed by atoms with Crippen molar-refractivity contribution in [2.75, 3.05) is 6.61 Å². The molecule has 0 aromatic heterocycles. The highest BCUT2D eigenvalue weighted by atomic mass is 35.5. The van der Waals surface area contributed by atoms with E-state index in [2.05, 4.69) is 0 Å². The maximum absolute atomic E-state index is 12.8. The Kier molecular flexibility index (Phi) is 5.58. The molecule has 1 aliphatic rings. The first-order valence-corrected chi connectivity index (χ1v) is 9.11. The molecule has 134 valence electrons. The number of carbonyl (C=O) groups is 2. The Labute approximate surface area is 158 Å². The van der Waals surface area contributed by atoms with E-state index in [1.54, 1.807) is 25.1 Å². The molecule has 4 heteroatoms. The summed E-state index contributed by atoms with van der Waals surface area (Å²) in [5.74, 6) is -1.74. The van der Waals surface area contributed by atoms with Gasteiger partial charge in [-0.3, -0.25) is 9.59 Å². The molecule has 1 aliphatic carbocycles. The average molecular weight is 369 g/mol. The quantitative estimate of drug-likeness (QED) is 0.565. The summed E-state index contributed by atoms with van der Waals surface area (Å²) in [4.78, 5) is 25.3. The van der Waals surface area contributed by atoms with Crippen LogP contribution in [0.2, 0.25) is 5.02 Å². The van der Waals surface area contributed by atoms with E-state index in [4.69, 9.17) is 16.3 Å². The summed E-state index contributed by atoms with van der Waals surface area (Å²) >= 11 is 6.00. The third-order valence-electron chi connectivity index (χ3n) is 4.73. The zero-order valence-electron chi connectivity index (χ0n) is 14.9. The minimum Gasteiger partial charge on any atom is -0.465 e. The third-order valence-corrected chi connectivity index (χ3v) is 4.98. The number of halogens is 1. The van der Waals surface area contributed by atoms with E-state index in [0.29, 0.717) is 11.4 Å². The van der Waals surface area contributed by atoms with Crippen LogP contribution in [0.5, 0.6) is 0 Å². The summed E-state index contributed by atoms with van der Waals surface area (Å²) < 4.78 is 5.17. The summed E-state index contributed by atoms with van der Waals surface area (Å²) in [6.45, 7) is 4.03. The van der Waals surface area contributed by atoms with Crippen molar-refractivity contribution in [2.45, 2.75) is 26.2 Å². The first-order chi connectivity index (χ1) is 12.5. The Morgan fingerprint density at radius 2 is 1.77 bits per heavy atom. The van der Waals surface area contributed by atoms with Gasteiger partial charge in [0.25, 0.3) is 0 Å². The molecule has 0 saturated carbocycles. The van der Waals surface area contributed by atoms with Gasteiger partial charge in [-0.1, -0.05) is 53.6 Å². The number of hydrogen-bond donors (Lipinski definition) is 0. The van der Waals surface area contributed by atoms with E-state index in [1.165, 1.54) is 0 Å². The molecule has 3 nitrogen and oxygen atoms in total. The number of benzene rings is 2. The van der Waals surface area contributed by atoms with Crippen LogP contribution in [0.15, 0.2) is 54.6 Å². The standard InChI is InChI=1S/C22H21ClO3/c1-3-26-22(25)21-19(16-8-10-18(23)11-9-16)12-17(13-20(21)24)15-6-4-14(2)5-7-15/h4-11,13,19,21H,3,12H2,1-2H3/t19-,21-/m1/s1. The minimum atomic E-state index is -0.815. The number of hydrogen-bond acceptors (Lipinski definition) is 3. The molecule has 0 heterocycles. The van der Waals surface area contributed by atoms with E-state index in [9.17, 15) is 9.59 Å². The predicted molar refractivity (Wildman–Crippen MR) is 103 cm³/mol. The van der Waals surface area contributed by atoms with E-state index in [0.717, 1.165) is 22.3 Å². The largest absolute Gasteiger partial charge is 0.465 e. The highest BCUT2D eigenvalue weighted by molar-refractivity contribution is 6.30. The summed E-state index contributed by atoms with van der Waals surface area (Å²) in [6.07, 6.45) is 2.19. The minimum absolute atomic E-state index is 0.203. The highest BCUT2D eigenvalue weighted by Crippen LogP contribution is 2.40. The molecule has 2 aromatic rings. The lowest BCUT2D eigenvalue weighted by Crippen LogP contribution is -2.34. The molecular formula is C22H21ClO3. The second-order valence-electron chi connectivity index (χ2n) is 6.53. The van der Waals surface area contributed by atoms with Gasteiger partial charge in [-0.05, 0) is 55.2 Å². The molecule has 0 N–H and O–H groups in total. The van der Waals surface area contributed by atoms with Gasteiger partial charge in [-0.15, -0.1) is 0 Å². The van der Waals surface area contributed by atoms with Crippen molar-refractivity contribution < 1.29 is 14.3 Å². The van der Waals surface area contributed by atoms with Gasteiger partial charge in [0, 0.05) is 10.9 Å². The van der Waals surface area contributed by atoms with Crippen molar-refractivity contribution in [3.63, 3.8) is 0 Å². The Bertz CT molecular complexity index is 835. The molecule has 0 fully saturated rings. The number of ether oxygens (including phenoxy) is 1. The molecule has 0 spiro atoms. The normalized spacial score (nSPS) is 19.8. The Morgan fingerprint density at radius 1 is 1.12 bits per heavy atom. The second kappa shape index (κ2) is 7.88. The van der Waals surface area contributed by atoms with Crippen molar-refractivity contribution in [3.05, 3.63) is 76.3 Å². The number of rotatable bonds is 4. The van der Waals surface area contributed by atoms with Gasteiger partial charge in [0.2, 0.25) is 0 Å². The predicted octanol–water partition coefficient (Wildman–Crippen LogP) is 4.97. The van der Waals surface area contributed by atoms with Crippen LogP contribution in [-0.4, -0.2) is 18.4 Å². The van der Waals surface area contributed by atoms with Crippen molar-refractivity contribution in [2.24, 2.45) is 5.92 Å². The molecule has 0 bridgehead atoms. The molecule has 0 amide bonds. The summed E-state index contributed by atoms with van der Waals surface area (Å²) in [7, 11) is 0. The Hall–Kier alpha value is -2.39. The van der Waals surface area contributed by atoms with Crippen LogP contribution in [-0.2, 0) is 14.3 Å². The molecule has 0 unspecified atom stereocenters. The lowest BCUT2D eigenvalue weighted by atomic mass is 9.73. The maximum atomic E-state index is 12.8. The SMILES string of the molecule is CCOC(=O)[C@H]1C(=O)C=C(c2ccc(C)cc2)C[C@@H]1c1ccc(Cl)cc1. The smallest absolute Gasteiger partial charge is 0.317 e. The molecule has 3 rings (SSSR count). The van der Waals surface area contributed by atoms with Crippen LogP contribution in [0.3, 0.4) is 0 Å². The maximum Gasteiger partial charge on any atom is 0.317 e. The Morgan fingerprint density at radius 3 is 2.38 bits per heavy atom. The fourth-order valence-corrected chi connectivity index (χ4v) is 3.50. The molecule has 2 aromatic carbocycles. The monoisotopic (exact) mass is 368 g/mol. The van der Waals surface area contributed by atoms with E-state index in [-0.39, 0.29) is 18.3 Å². The van der Waals surface area contributed by atoms with E-state index < -0.39 is 11.9 Å². The zero-order valence-corrected chi connectivity index (χ0v) is 15.6. The number of ketones is 1. The number of esters is 1. The number of aryl methyl sites for hydroxylation is 1. The van der Waals surface area contributed by atoms with Crippen LogP contribution in [0.1, 0.15) is 36.0 Å². The summed E-state index contributed by atoms with van der Waals surface area (Å²) in [5.41, 5.74) is 4.02. The summed E-state index contributed by atoms with van der Waals surface area (Å²) in [5, 5.41) is 0.623. The lowest BCUT2D eigenvalue weighted by molar-refractivity contribution is -0.151. The van der Waals surface area contributed by atoms with Crippen LogP contribution in [0.4, 0.5) is 0 Å². The fourth-order valence-electron chi connectivity index (χ4n) is 3.38. The van der Waals surface area contributed by atoms with E-state index in [1.807, 2.05) is 43.3 Å². The topological polar surface area (TPSA) is 43.4 Å². The van der Waals surface area contributed by atoms with Gasteiger partial charge in [0.1, 0.15) is 5.92 Å². The summed E-state index contributed by atoms with van der Waals surface area (Å²) in [6, 6.07) is 15.4. The Balaban J connectivity index is 2.01. The van der Waals surface area contributed by atoms with Crippen molar-refractivity contribution >= 4 is 28.9 Å². The van der Waals surface area contributed by atoms with Gasteiger partial charge in [-0.25, -0.2) is 0 Å². The van der Waals surface area contributed by atoms with Gasteiger partial charge in [0.05, 0.1) is 6.61 Å². The first-order valence-electron chi connectivity index (χ1n) is 8.73. The van der Waals surface area contributed by atoms with Crippen LogP contribution >= 0.6 is 11.6 Å². The average Bonchev–Trinajstić information content (AvgIpc) is 2.62. The van der Waals surface area contributed by atoms with Crippen LogP contribution < -0.4 is 0 Å². The lowest BCUT2D eigenvalue weighted by Gasteiger charge is -2.29. The van der Waals surface area contributed by atoms with Gasteiger partial charge in [0.15, 0.2) is 5.78 Å². The van der Waals surface area contributed by atoms with Crippen molar-refractivity contribution in [1.82, 2.24) is 0 Å². The van der Waals surface area contributed by atoms with E-state index >= 15 is 0 Å². The van der Waals surface area contributed by atoms with Gasteiger partial charge < -0.3 is 4.74 Å². The van der Waals surface area contributed by atoms with Crippen LogP contribution in [0, 0.1) is 12.8 Å². The molecule has 0 radical (unpaired) electrons. The molecular weight excluding hydrogens is 348 g/mol. The van der Waals surface area contributed by atoms with Crippen molar-refractivity contribution in [3.8, 4) is 0 Å². The molecule has 0 saturated heterocycles. The third kappa shape index (κ3) is 3.88. The number of allylic oxidation sites excluding steroid dienone is 2. The number of carbonyl (C=O) groups excluding carboxylic acids is 2. The first kappa shape index (κ1) is 18.4. The highest BCUT2D eigenvalue weighted by Gasteiger charge is 2.39. The zero-order chi connectivity index (χ0) is 18.7. The molecule has 26 heavy (non-hydrogen) atoms. The fraction of sp³-hybridized carbons (Fsp3) is 0.273. The molecule has 0 aliphatic heterocycles. The second-order valence-corrected chi connectivity index (χ2v) is 6.97.